The largest absolute Gasteiger partial charge is 0.508 e. The van der Waals surface area contributed by atoms with E-state index in [1.807, 2.05) is 26.0 Å². The number of phenols is 2. The maximum Gasteiger partial charge on any atom is 0.118 e. The zero-order chi connectivity index (χ0) is 20.0. The lowest BCUT2D eigenvalue weighted by atomic mass is 9.90. The third kappa shape index (κ3) is 5.76. The molecule has 0 spiro atoms. The lowest BCUT2D eigenvalue weighted by molar-refractivity contribution is 0.462. The molecule has 0 aliphatic carbocycles. The molecule has 0 radical (unpaired) electrons. The van der Waals surface area contributed by atoms with Crippen LogP contribution < -0.4 is 0 Å². The minimum Gasteiger partial charge on any atom is -0.508 e. The molecule has 0 aliphatic rings. The molecule has 0 saturated carbocycles. The Morgan fingerprint density at radius 3 is 1.85 bits per heavy atom. The minimum atomic E-state index is 0.417. The summed E-state index contributed by atoms with van der Waals surface area (Å²) in [5.74, 6) is 1.47. The Kier molecular flexibility index (Phi) is 7.77. The van der Waals surface area contributed by atoms with Crippen LogP contribution in [0.15, 0.2) is 24.3 Å². The van der Waals surface area contributed by atoms with Crippen LogP contribution in [0.3, 0.4) is 0 Å². The van der Waals surface area contributed by atoms with Crippen LogP contribution in [-0.4, -0.2) is 10.2 Å². The number of phenolic OH excluding ortho intramolecular Hbond substituents is 2. The van der Waals surface area contributed by atoms with Crippen molar-refractivity contribution in [3.8, 4) is 11.5 Å². The van der Waals surface area contributed by atoms with Crippen LogP contribution in [0.5, 0.6) is 11.5 Å². The summed E-state index contributed by atoms with van der Waals surface area (Å²) < 4.78 is 0. The molecule has 2 rings (SSSR count). The smallest absolute Gasteiger partial charge is 0.118 e. The summed E-state index contributed by atoms with van der Waals surface area (Å²) in [6.45, 7) is 10.6. The molecule has 2 aromatic carbocycles. The first kappa shape index (κ1) is 21.3. The fourth-order valence-corrected chi connectivity index (χ4v) is 4.06. The molecular weight excluding hydrogens is 332 g/mol. The molecule has 1 unspecified atom stereocenters. The van der Waals surface area contributed by atoms with Gasteiger partial charge in [0, 0.05) is 0 Å². The average molecular weight is 369 g/mol. The van der Waals surface area contributed by atoms with E-state index in [4.69, 9.17) is 0 Å². The second-order valence-corrected chi connectivity index (χ2v) is 8.27. The highest BCUT2D eigenvalue weighted by atomic mass is 16.3. The minimum absolute atomic E-state index is 0.417. The quantitative estimate of drug-likeness (QED) is 0.483. The van der Waals surface area contributed by atoms with Crippen molar-refractivity contribution in [3.63, 3.8) is 0 Å². The van der Waals surface area contributed by atoms with Crippen molar-refractivity contribution < 1.29 is 10.2 Å². The van der Waals surface area contributed by atoms with Gasteiger partial charge in [0.15, 0.2) is 0 Å². The topological polar surface area (TPSA) is 40.5 Å². The molecule has 27 heavy (non-hydrogen) atoms. The van der Waals surface area contributed by atoms with Gasteiger partial charge in [0.2, 0.25) is 0 Å². The van der Waals surface area contributed by atoms with Gasteiger partial charge in [-0.1, -0.05) is 44.7 Å². The SMILES string of the molecule is Cc1ccc(O)c(C)c1CCCCCCC(C)Cc1c(C)ccc(O)c1C. The summed E-state index contributed by atoms with van der Waals surface area (Å²) in [7, 11) is 0. The van der Waals surface area contributed by atoms with E-state index in [2.05, 4.69) is 20.8 Å². The molecule has 148 valence electrons. The Morgan fingerprint density at radius 1 is 0.704 bits per heavy atom. The summed E-state index contributed by atoms with van der Waals surface area (Å²) in [4.78, 5) is 0. The highest BCUT2D eigenvalue weighted by Crippen LogP contribution is 2.28. The van der Waals surface area contributed by atoms with E-state index in [1.165, 1.54) is 54.4 Å². The van der Waals surface area contributed by atoms with Crippen molar-refractivity contribution in [1.29, 1.82) is 0 Å². The monoisotopic (exact) mass is 368 g/mol. The molecule has 2 aromatic rings. The molecule has 0 aromatic heterocycles. The molecular formula is C25H36O2. The maximum atomic E-state index is 9.95. The lowest BCUT2D eigenvalue weighted by Crippen LogP contribution is -2.04. The van der Waals surface area contributed by atoms with E-state index in [0.29, 0.717) is 17.4 Å². The Morgan fingerprint density at radius 2 is 1.22 bits per heavy atom. The molecule has 0 aliphatic heterocycles. The molecule has 1 atom stereocenters. The highest BCUT2D eigenvalue weighted by Gasteiger charge is 2.11. The summed E-state index contributed by atoms with van der Waals surface area (Å²) in [6, 6.07) is 7.64. The number of aromatic hydroxyl groups is 2. The first-order valence-electron chi connectivity index (χ1n) is 10.4. The van der Waals surface area contributed by atoms with E-state index < -0.39 is 0 Å². The zero-order valence-corrected chi connectivity index (χ0v) is 17.7. The predicted molar refractivity (Wildman–Crippen MR) is 115 cm³/mol. The Balaban J connectivity index is 1.72. The van der Waals surface area contributed by atoms with Crippen LogP contribution in [0.2, 0.25) is 0 Å². The van der Waals surface area contributed by atoms with Crippen molar-refractivity contribution >= 4 is 0 Å². The summed E-state index contributed by atoms with van der Waals surface area (Å²) in [5.41, 5.74) is 7.29. The van der Waals surface area contributed by atoms with E-state index >= 15 is 0 Å². The van der Waals surface area contributed by atoms with Gasteiger partial charge in [0.25, 0.3) is 0 Å². The van der Waals surface area contributed by atoms with E-state index in [0.717, 1.165) is 24.0 Å². The average Bonchev–Trinajstić information content (AvgIpc) is 2.64. The van der Waals surface area contributed by atoms with Gasteiger partial charge < -0.3 is 10.2 Å². The number of hydrogen-bond donors (Lipinski definition) is 2. The fourth-order valence-electron chi connectivity index (χ4n) is 4.06. The number of unbranched alkanes of at least 4 members (excludes halogenated alkanes) is 3. The van der Waals surface area contributed by atoms with E-state index in [9.17, 15) is 10.2 Å². The second kappa shape index (κ2) is 9.82. The number of benzene rings is 2. The van der Waals surface area contributed by atoms with Gasteiger partial charge in [0.05, 0.1) is 0 Å². The van der Waals surface area contributed by atoms with Gasteiger partial charge in [-0.2, -0.15) is 0 Å². The van der Waals surface area contributed by atoms with Gasteiger partial charge in [-0.15, -0.1) is 0 Å². The number of rotatable bonds is 9. The van der Waals surface area contributed by atoms with E-state index in [-0.39, 0.29) is 0 Å². The van der Waals surface area contributed by atoms with Crippen LogP contribution in [-0.2, 0) is 12.8 Å². The zero-order valence-electron chi connectivity index (χ0n) is 17.7. The van der Waals surface area contributed by atoms with Crippen LogP contribution in [0.25, 0.3) is 0 Å². The van der Waals surface area contributed by atoms with Crippen LogP contribution in [0.1, 0.15) is 72.4 Å². The molecule has 0 amide bonds. The molecule has 0 bridgehead atoms. The third-order valence-electron chi connectivity index (χ3n) is 6.03. The summed E-state index contributed by atoms with van der Waals surface area (Å²) in [5, 5.41) is 19.8. The molecule has 0 fully saturated rings. The standard InChI is InChI=1S/C25H36O2/c1-17(16-23-19(3)13-15-25(27)21(23)5)10-8-6-7-9-11-22-18(2)12-14-24(26)20(22)4/h12-15,17,26-27H,6-11,16H2,1-5H3. The van der Waals surface area contributed by atoms with Crippen LogP contribution >= 0.6 is 0 Å². The van der Waals surface area contributed by atoms with Gasteiger partial charge in [-0.3, -0.25) is 0 Å². The van der Waals surface area contributed by atoms with Crippen LogP contribution in [0, 0.1) is 33.6 Å². The molecule has 2 heteroatoms. The van der Waals surface area contributed by atoms with Crippen molar-refractivity contribution in [1.82, 2.24) is 0 Å². The maximum absolute atomic E-state index is 9.95. The normalized spacial score (nSPS) is 12.3. The van der Waals surface area contributed by atoms with Crippen LogP contribution in [0.4, 0.5) is 0 Å². The van der Waals surface area contributed by atoms with Gasteiger partial charge >= 0.3 is 0 Å². The molecule has 0 saturated heterocycles. The summed E-state index contributed by atoms with van der Waals surface area (Å²) >= 11 is 0. The number of aryl methyl sites for hydroxylation is 2. The van der Waals surface area contributed by atoms with Gasteiger partial charge in [0.1, 0.15) is 11.5 Å². The Hall–Kier alpha value is -1.96. The predicted octanol–water partition coefficient (Wildman–Crippen LogP) is 6.70. The first-order chi connectivity index (χ1) is 12.8. The van der Waals surface area contributed by atoms with Crippen molar-refractivity contribution in [2.75, 3.05) is 0 Å². The first-order valence-corrected chi connectivity index (χ1v) is 10.4. The highest BCUT2D eigenvalue weighted by molar-refractivity contribution is 5.43. The fraction of sp³-hybridized carbons (Fsp3) is 0.520. The second-order valence-electron chi connectivity index (χ2n) is 8.27. The summed E-state index contributed by atoms with van der Waals surface area (Å²) in [6.07, 6.45) is 8.29. The molecule has 0 heterocycles. The van der Waals surface area contributed by atoms with Crippen molar-refractivity contribution in [2.24, 2.45) is 5.92 Å². The molecule has 2 nitrogen and oxygen atoms in total. The van der Waals surface area contributed by atoms with Gasteiger partial charge in [-0.25, -0.2) is 0 Å². The van der Waals surface area contributed by atoms with Crippen molar-refractivity contribution in [2.45, 2.75) is 79.6 Å². The Labute approximate surface area is 165 Å². The van der Waals surface area contributed by atoms with Gasteiger partial charge in [-0.05, 0) is 98.4 Å². The Bertz CT molecular complexity index is 761. The van der Waals surface area contributed by atoms with E-state index in [1.54, 1.807) is 12.1 Å². The molecule has 2 N–H and O–H groups in total. The number of hydrogen-bond acceptors (Lipinski definition) is 2. The lowest BCUT2D eigenvalue weighted by Gasteiger charge is -2.16. The third-order valence-corrected chi connectivity index (χ3v) is 6.03. The van der Waals surface area contributed by atoms with Crippen molar-refractivity contribution in [3.05, 3.63) is 57.6 Å².